The van der Waals surface area contributed by atoms with E-state index in [-0.39, 0.29) is 6.04 Å². The Bertz CT molecular complexity index is 419. The van der Waals surface area contributed by atoms with Gasteiger partial charge in [-0.25, -0.2) is 0 Å². The average Bonchev–Trinajstić information content (AvgIpc) is 2.71. The van der Waals surface area contributed by atoms with Gasteiger partial charge in [0.1, 0.15) is 5.75 Å². The molecule has 1 N–H and O–H groups in total. The maximum absolute atomic E-state index is 5.39. The molecule has 0 saturated carbocycles. The molecule has 0 fully saturated rings. The first-order valence-corrected chi connectivity index (χ1v) is 5.63. The second-order valence-electron chi connectivity index (χ2n) is 4.21. The largest absolute Gasteiger partial charge is 0.497 e. The van der Waals surface area contributed by atoms with Crippen LogP contribution in [0.5, 0.6) is 5.75 Å². The SMILES string of the molecule is C#CC(C)NC1CCc2ccc(OC)cc21. The van der Waals surface area contributed by atoms with Crippen LogP contribution in [0, 0.1) is 12.3 Å². The third-order valence-corrected chi connectivity index (χ3v) is 3.13. The van der Waals surface area contributed by atoms with Gasteiger partial charge >= 0.3 is 0 Å². The standard InChI is InChI=1S/C14H17NO/c1-4-10(2)15-14-8-6-11-5-7-12(16-3)9-13(11)14/h1,5,7,9-10,14-15H,6,8H2,2-3H3. The minimum absolute atomic E-state index is 0.113. The lowest BCUT2D eigenvalue weighted by atomic mass is 10.1. The molecule has 0 aliphatic heterocycles. The van der Waals surface area contributed by atoms with Crippen molar-refractivity contribution in [3.05, 3.63) is 29.3 Å². The maximum Gasteiger partial charge on any atom is 0.119 e. The molecule has 1 aliphatic carbocycles. The molecule has 2 unspecified atom stereocenters. The molecule has 2 nitrogen and oxygen atoms in total. The van der Waals surface area contributed by atoms with E-state index in [1.54, 1.807) is 7.11 Å². The van der Waals surface area contributed by atoms with Crippen LogP contribution in [0.2, 0.25) is 0 Å². The Hall–Kier alpha value is -1.46. The number of terminal acetylenes is 1. The van der Waals surface area contributed by atoms with Gasteiger partial charge in [-0.2, -0.15) is 0 Å². The highest BCUT2D eigenvalue weighted by atomic mass is 16.5. The van der Waals surface area contributed by atoms with Crippen molar-refractivity contribution in [2.75, 3.05) is 7.11 Å². The molecule has 0 bridgehead atoms. The van der Waals surface area contributed by atoms with Crippen molar-refractivity contribution in [2.24, 2.45) is 0 Å². The van der Waals surface area contributed by atoms with Gasteiger partial charge in [0.2, 0.25) is 0 Å². The molecule has 0 heterocycles. The van der Waals surface area contributed by atoms with E-state index in [1.807, 2.05) is 13.0 Å². The van der Waals surface area contributed by atoms with Crippen LogP contribution in [-0.2, 0) is 6.42 Å². The molecule has 2 heteroatoms. The summed E-state index contributed by atoms with van der Waals surface area (Å²) in [5.74, 6) is 3.63. The Morgan fingerprint density at radius 1 is 1.56 bits per heavy atom. The van der Waals surface area contributed by atoms with Gasteiger partial charge in [0.15, 0.2) is 0 Å². The molecule has 1 aliphatic rings. The van der Waals surface area contributed by atoms with E-state index in [9.17, 15) is 0 Å². The third-order valence-electron chi connectivity index (χ3n) is 3.13. The van der Waals surface area contributed by atoms with Gasteiger partial charge in [0.05, 0.1) is 13.2 Å². The average molecular weight is 215 g/mol. The number of benzene rings is 1. The van der Waals surface area contributed by atoms with Crippen molar-refractivity contribution in [3.8, 4) is 18.1 Å². The Balaban J connectivity index is 2.21. The van der Waals surface area contributed by atoms with Crippen molar-refractivity contribution in [2.45, 2.75) is 31.8 Å². The molecule has 0 saturated heterocycles. The lowest BCUT2D eigenvalue weighted by Crippen LogP contribution is -2.27. The summed E-state index contributed by atoms with van der Waals surface area (Å²) in [6, 6.07) is 6.77. The topological polar surface area (TPSA) is 21.3 Å². The molecule has 2 rings (SSSR count). The Kier molecular flexibility index (Phi) is 3.17. The van der Waals surface area contributed by atoms with Crippen LogP contribution < -0.4 is 10.1 Å². The second kappa shape index (κ2) is 4.59. The molecule has 0 spiro atoms. The number of ether oxygens (including phenoxy) is 1. The molecule has 16 heavy (non-hydrogen) atoms. The molecule has 0 aromatic heterocycles. The Labute approximate surface area is 97.0 Å². The molecular weight excluding hydrogens is 198 g/mol. The van der Waals surface area contributed by atoms with E-state index >= 15 is 0 Å². The monoisotopic (exact) mass is 215 g/mol. The molecular formula is C14H17NO. The van der Waals surface area contributed by atoms with Crippen molar-refractivity contribution in [1.29, 1.82) is 0 Å². The predicted octanol–water partition coefficient (Wildman–Crippen LogP) is 2.29. The van der Waals surface area contributed by atoms with Crippen LogP contribution in [0.15, 0.2) is 18.2 Å². The van der Waals surface area contributed by atoms with Gasteiger partial charge in [0.25, 0.3) is 0 Å². The summed E-state index contributed by atoms with van der Waals surface area (Å²) in [6.07, 6.45) is 7.63. The molecule has 0 amide bonds. The van der Waals surface area contributed by atoms with Crippen LogP contribution in [0.1, 0.15) is 30.5 Å². The first kappa shape index (κ1) is 11.0. The van der Waals surface area contributed by atoms with Crippen LogP contribution in [0.4, 0.5) is 0 Å². The predicted molar refractivity (Wildman–Crippen MR) is 65.5 cm³/mol. The molecule has 0 radical (unpaired) electrons. The lowest BCUT2D eigenvalue weighted by molar-refractivity contribution is 0.413. The van der Waals surface area contributed by atoms with Crippen molar-refractivity contribution < 1.29 is 4.74 Å². The van der Waals surface area contributed by atoms with Gasteiger partial charge < -0.3 is 4.74 Å². The molecule has 2 atom stereocenters. The number of methoxy groups -OCH3 is 1. The van der Waals surface area contributed by atoms with E-state index in [0.717, 1.165) is 18.6 Å². The van der Waals surface area contributed by atoms with Gasteiger partial charge in [-0.05, 0) is 43.0 Å². The second-order valence-corrected chi connectivity index (χ2v) is 4.21. The zero-order valence-corrected chi connectivity index (χ0v) is 9.79. The Morgan fingerprint density at radius 2 is 2.38 bits per heavy atom. The van der Waals surface area contributed by atoms with Crippen LogP contribution >= 0.6 is 0 Å². The molecule has 84 valence electrons. The fourth-order valence-electron chi connectivity index (χ4n) is 2.23. The molecule has 1 aromatic rings. The number of aryl methyl sites for hydroxylation is 1. The minimum atomic E-state index is 0.113. The van der Waals surface area contributed by atoms with Crippen molar-refractivity contribution in [3.63, 3.8) is 0 Å². The van der Waals surface area contributed by atoms with E-state index in [2.05, 4.69) is 23.4 Å². The highest BCUT2D eigenvalue weighted by Gasteiger charge is 2.23. The fraction of sp³-hybridized carbons (Fsp3) is 0.429. The van der Waals surface area contributed by atoms with E-state index in [4.69, 9.17) is 11.2 Å². The summed E-state index contributed by atoms with van der Waals surface area (Å²) in [7, 11) is 1.70. The normalized spacial score (nSPS) is 19.9. The van der Waals surface area contributed by atoms with Gasteiger partial charge in [0, 0.05) is 6.04 Å². The summed E-state index contributed by atoms with van der Waals surface area (Å²) in [5, 5.41) is 3.44. The van der Waals surface area contributed by atoms with E-state index in [0.29, 0.717) is 6.04 Å². The van der Waals surface area contributed by atoms with Crippen molar-refractivity contribution >= 4 is 0 Å². The zero-order chi connectivity index (χ0) is 11.5. The van der Waals surface area contributed by atoms with Gasteiger partial charge in [-0.1, -0.05) is 12.0 Å². The smallest absolute Gasteiger partial charge is 0.119 e. The maximum atomic E-state index is 5.39. The molecule has 1 aromatic carbocycles. The lowest BCUT2D eigenvalue weighted by Gasteiger charge is -2.17. The third kappa shape index (κ3) is 2.05. The summed E-state index contributed by atoms with van der Waals surface area (Å²) in [5.41, 5.74) is 2.74. The number of nitrogens with one attached hydrogen (secondary N) is 1. The quantitative estimate of drug-likeness (QED) is 0.781. The first-order chi connectivity index (χ1) is 7.74. The summed E-state index contributed by atoms with van der Waals surface area (Å²) in [6.45, 7) is 2.01. The van der Waals surface area contributed by atoms with Crippen molar-refractivity contribution in [1.82, 2.24) is 5.32 Å². The van der Waals surface area contributed by atoms with E-state index in [1.165, 1.54) is 11.1 Å². The zero-order valence-electron chi connectivity index (χ0n) is 9.79. The van der Waals surface area contributed by atoms with E-state index < -0.39 is 0 Å². The summed E-state index contributed by atoms with van der Waals surface area (Å²) >= 11 is 0. The van der Waals surface area contributed by atoms with Crippen LogP contribution in [0.3, 0.4) is 0 Å². The number of rotatable bonds is 3. The number of hydrogen-bond acceptors (Lipinski definition) is 2. The van der Waals surface area contributed by atoms with Gasteiger partial charge in [-0.15, -0.1) is 6.42 Å². The number of fused-ring (bicyclic) bond motifs is 1. The highest BCUT2D eigenvalue weighted by Crippen LogP contribution is 2.33. The van der Waals surface area contributed by atoms with Gasteiger partial charge in [-0.3, -0.25) is 5.32 Å². The highest BCUT2D eigenvalue weighted by molar-refractivity contribution is 5.41. The first-order valence-electron chi connectivity index (χ1n) is 5.63. The minimum Gasteiger partial charge on any atom is -0.497 e. The summed E-state index contributed by atoms with van der Waals surface area (Å²) < 4.78 is 5.25. The number of hydrogen-bond donors (Lipinski definition) is 1. The van der Waals surface area contributed by atoms with Crippen LogP contribution in [-0.4, -0.2) is 13.2 Å². The summed E-state index contributed by atoms with van der Waals surface area (Å²) in [4.78, 5) is 0. The fourth-order valence-corrected chi connectivity index (χ4v) is 2.23. The van der Waals surface area contributed by atoms with Crippen LogP contribution in [0.25, 0.3) is 0 Å². The Morgan fingerprint density at radius 3 is 3.06 bits per heavy atom.